The molecule has 1 atom stereocenters. The first kappa shape index (κ1) is 11.4. The van der Waals surface area contributed by atoms with Gasteiger partial charge in [0, 0.05) is 17.6 Å². The van der Waals surface area contributed by atoms with Crippen LogP contribution in [0.15, 0.2) is 41.9 Å². The van der Waals surface area contributed by atoms with Crippen molar-refractivity contribution in [1.82, 2.24) is 19.9 Å². The first-order valence-electron chi connectivity index (χ1n) is 5.90. The second-order valence-corrected chi connectivity index (χ2v) is 5.20. The summed E-state index contributed by atoms with van der Waals surface area (Å²) in [7, 11) is 0. The SMILES string of the molecule is CC(NCc1cccs1)c1nnc2ccccn12. The molecule has 0 aromatic carbocycles. The fraction of sp³-hybridized carbons (Fsp3) is 0.231. The van der Waals surface area contributed by atoms with Crippen molar-refractivity contribution < 1.29 is 0 Å². The van der Waals surface area contributed by atoms with E-state index in [1.165, 1.54) is 4.88 Å². The van der Waals surface area contributed by atoms with Gasteiger partial charge >= 0.3 is 0 Å². The quantitative estimate of drug-likeness (QED) is 0.782. The minimum atomic E-state index is 0.171. The van der Waals surface area contributed by atoms with Crippen LogP contribution in [0.1, 0.15) is 23.7 Å². The lowest BCUT2D eigenvalue weighted by Gasteiger charge is -2.11. The fourth-order valence-electron chi connectivity index (χ4n) is 1.91. The Hall–Kier alpha value is -1.72. The van der Waals surface area contributed by atoms with Crippen LogP contribution in [0.25, 0.3) is 5.65 Å². The molecule has 5 heteroatoms. The maximum absolute atomic E-state index is 4.25. The minimum absolute atomic E-state index is 0.171. The first-order valence-corrected chi connectivity index (χ1v) is 6.78. The Bertz CT molecular complexity index is 629. The molecule has 1 N–H and O–H groups in total. The normalized spacial score (nSPS) is 12.9. The molecule has 3 aromatic rings. The minimum Gasteiger partial charge on any atom is -0.303 e. The van der Waals surface area contributed by atoms with Crippen LogP contribution in [-0.2, 0) is 6.54 Å². The van der Waals surface area contributed by atoms with Crippen LogP contribution in [0.4, 0.5) is 0 Å². The molecule has 0 amide bonds. The highest BCUT2D eigenvalue weighted by Crippen LogP contribution is 2.14. The number of hydrogen-bond donors (Lipinski definition) is 1. The van der Waals surface area contributed by atoms with Gasteiger partial charge in [-0.2, -0.15) is 0 Å². The Labute approximate surface area is 109 Å². The molecule has 0 fully saturated rings. The van der Waals surface area contributed by atoms with E-state index < -0.39 is 0 Å². The topological polar surface area (TPSA) is 42.2 Å². The Morgan fingerprint density at radius 1 is 1.28 bits per heavy atom. The van der Waals surface area contributed by atoms with Crippen molar-refractivity contribution in [3.8, 4) is 0 Å². The third-order valence-corrected chi connectivity index (χ3v) is 3.77. The van der Waals surface area contributed by atoms with Gasteiger partial charge in [-0.05, 0) is 30.5 Å². The van der Waals surface area contributed by atoms with E-state index in [4.69, 9.17) is 0 Å². The summed E-state index contributed by atoms with van der Waals surface area (Å²) >= 11 is 1.76. The van der Waals surface area contributed by atoms with Crippen molar-refractivity contribution in [2.75, 3.05) is 0 Å². The average molecular weight is 258 g/mol. The van der Waals surface area contributed by atoms with Gasteiger partial charge in [-0.25, -0.2) is 0 Å². The van der Waals surface area contributed by atoms with Crippen molar-refractivity contribution >= 4 is 17.0 Å². The molecule has 3 rings (SSSR count). The lowest BCUT2D eigenvalue weighted by molar-refractivity contribution is 0.545. The fourth-order valence-corrected chi connectivity index (χ4v) is 2.57. The van der Waals surface area contributed by atoms with Crippen LogP contribution in [-0.4, -0.2) is 14.6 Å². The summed E-state index contributed by atoms with van der Waals surface area (Å²) in [6.45, 7) is 2.97. The van der Waals surface area contributed by atoms with Gasteiger partial charge in [0.05, 0.1) is 6.04 Å². The van der Waals surface area contributed by atoms with Gasteiger partial charge < -0.3 is 5.32 Å². The maximum Gasteiger partial charge on any atom is 0.160 e. The van der Waals surface area contributed by atoms with Crippen LogP contribution in [0, 0.1) is 0 Å². The highest BCUT2D eigenvalue weighted by molar-refractivity contribution is 7.09. The van der Waals surface area contributed by atoms with E-state index in [1.54, 1.807) is 11.3 Å². The third-order valence-electron chi connectivity index (χ3n) is 2.89. The molecule has 18 heavy (non-hydrogen) atoms. The van der Waals surface area contributed by atoms with E-state index in [-0.39, 0.29) is 6.04 Å². The molecule has 1 unspecified atom stereocenters. The van der Waals surface area contributed by atoms with E-state index in [2.05, 4.69) is 40.0 Å². The van der Waals surface area contributed by atoms with Crippen LogP contribution < -0.4 is 5.32 Å². The number of aromatic nitrogens is 3. The molecule has 0 spiro atoms. The second-order valence-electron chi connectivity index (χ2n) is 4.17. The van der Waals surface area contributed by atoms with Gasteiger partial charge in [-0.1, -0.05) is 12.1 Å². The zero-order chi connectivity index (χ0) is 12.4. The van der Waals surface area contributed by atoms with E-state index in [0.717, 1.165) is 18.0 Å². The van der Waals surface area contributed by atoms with Gasteiger partial charge in [0.15, 0.2) is 11.5 Å². The number of hydrogen-bond acceptors (Lipinski definition) is 4. The summed E-state index contributed by atoms with van der Waals surface area (Å²) < 4.78 is 2.02. The molecule has 3 aromatic heterocycles. The van der Waals surface area contributed by atoms with Crippen LogP contribution >= 0.6 is 11.3 Å². The first-order chi connectivity index (χ1) is 8.84. The summed E-state index contributed by atoms with van der Waals surface area (Å²) in [5, 5.41) is 14.0. The predicted octanol–water partition coefficient (Wildman–Crippen LogP) is 2.64. The Morgan fingerprint density at radius 3 is 3.06 bits per heavy atom. The van der Waals surface area contributed by atoms with Gasteiger partial charge in [-0.15, -0.1) is 21.5 Å². The van der Waals surface area contributed by atoms with Crippen LogP contribution in [0.2, 0.25) is 0 Å². The van der Waals surface area contributed by atoms with Gasteiger partial charge in [0.1, 0.15) is 0 Å². The van der Waals surface area contributed by atoms with Crippen LogP contribution in [0.3, 0.4) is 0 Å². The van der Waals surface area contributed by atoms with Crippen LogP contribution in [0.5, 0.6) is 0 Å². The molecule has 3 heterocycles. The number of nitrogens with zero attached hydrogens (tertiary/aromatic N) is 3. The van der Waals surface area contributed by atoms with Crippen molar-refractivity contribution in [3.63, 3.8) is 0 Å². The molecule has 0 saturated carbocycles. The molecule has 92 valence electrons. The lowest BCUT2D eigenvalue weighted by Crippen LogP contribution is -2.19. The smallest absolute Gasteiger partial charge is 0.160 e. The zero-order valence-electron chi connectivity index (χ0n) is 10.1. The number of fused-ring (bicyclic) bond motifs is 1. The van der Waals surface area contributed by atoms with E-state index in [9.17, 15) is 0 Å². The van der Waals surface area contributed by atoms with Gasteiger partial charge in [0.2, 0.25) is 0 Å². The van der Waals surface area contributed by atoms with Gasteiger partial charge in [-0.3, -0.25) is 4.40 Å². The van der Waals surface area contributed by atoms with E-state index in [0.29, 0.717) is 0 Å². The number of nitrogens with one attached hydrogen (secondary N) is 1. The molecule has 4 nitrogen and oxygen atoms in total. The average Bonchev–Trinajstić information content (AvgIpc) is 3.05. The van der Waals surface area contributed by atoms with E-state index in [1.807, 2.05) is 28.8 Å². The lowest BCUT2D eigenvalue weighted by atomic mass is 10.3. The molecule has 0 aliphatic heterocycles. The summed E-state index contributed by atoms with van der Waals surface area (Å²) in [6, 6.07) is 10.3. The largest absolute Gasteiger partial charge is 0.303 e. The number of thiophene rings is 1. The number of rotatable bonds is 4. The molecule has 0 aliphatic carbocycles. The van der Waals surface area contributed by atoms with E-state index >= 15 is 0 Å². The molecular weight excluding hydrogens is 244 g/mol. The highest BCUT2D eigenvalue weighted by Gasteiger charge is 2.12. The Morgan fingerprint density at radius 2 is 2.22 bits per heavy atom. The van der Waals surface area contributed by atoms with Crippen molar-refractivity contribution in [2.45, 2.75) is 19.5 Å². The molecule has 0 aliphatic rings. The van der Waals surface area contributed by atoms with Gasteiger partial charge in [0.25, 0.3) is 0 Å². The second kappa shape index (κ2) is 4.88. The predicted molar refractivity (Wildman–Crippen MR) is 72.6 cm³/mol. The summed E-state index contributed by atoms with van der Waals surface area (Å²) in [5.41, 5.74) is 0.886. The Balaban J connectivity index is 1.77. The van der Waals surface area contributed by atoms with Crippen molar-refractivity contribution in [3.05, 3.63) is 52.6 Å². The summed E-state index contributed by atoms with van der Waals surface area (Å²) in [5.74, 6) is 0.946. The Kier molecular flexibility index (Phi) is 3.08. The maximum atomic E-state index is 4.25. The highest BCUT2D eigenvalue weighted by atomic mass is 32.1. The monoisotopic (exact) mass is 258 g/mol. The molecule has 0 radical (unpaired) electrons. The zero-order valence-corrected chi connectivity index (χ0v) is 10.9. The van der Waals surface area contributed by atoms with Crippen molar-refractivity contribution in [2.24, 2.45) is 0 Å². The number of pyridine rings is 1. The standard InChI is InChI=1S/C13H14N4S/c1-10(14-9-11-5-4-8-18-11)13-16-15-12-6-2-3-7-17(12)13/h2-8,10,14H,9H2,1H3. The summed E-state index contributed by atoms with van der Waals surface area (Å²) in [4.78, 5) is 1.33. The molecule has 0 bridgehead atoms. The molecular formula is C13H14N4S. The van der Waals surface area contributed by atoms with Crippen molar-refractivity contribution in [1.29, 1.82) is 0 Å². The molecule has 0 saturated heterocycles. The summed E-state index contributed by atoms with van der Waals surface area (Å²) in [6.07, 6.45) is 1.99. The third kappa shape index (κ3) is 2.14.